The number of nitrogens with one attached hydrogen (secondary N) is 2. The maximum absolute atomic E-state index is 12.2. The maximum Gasteiger partial charge on any atom is 0.309 e. The van der Waals surface area contributed by atoms with E-state index in [9.17, 15) is 23.1 Å². The molecule has 0 spiro atoms. The fourth-order valence-corrected chi connectivity index (χ4v) is 4.29. The summed E-state index contributed by atoms with van der Waals surface area (Å²) in [7, 11) is -3.25. The highest BCUT2D eigenvalue weighted by atomic mass is 32.2. The Balaban J connectivity index is 1.49. The van der Waals surface area contributed by atoms with Crippen LogP contribution in [0.25, 0.3) is 11.1 Å². The molecule has 3 N–H and O–H groups in total. The monoisotopic (exact) mass is 489 g/mol. The molecule has 2 amide bonds. The van der Waals surface area contributed by atoms with Crippen LogP contribution in [-0.2, 0) is 30.6 Å². The molecule has 2 aromatic carbocycles. The van der Waals surface area contributed by atoms with Gasteiger partial charge < -0.3 is 20.5 Å². The number of hydrogen-bond acceptors (Lipinski definition) is 7. The maximum atomic E-state index is 12.2. The molecule has 34 heavy (non-hydrogen) atoms. The van der Waals surface area contributed by atoms with Gasteiger partial charge in [-0.3, -0.25) is 14.5 Å². The number of rotatable bonds is 9. The minimum Gasteiger partial charge on any atom is -0.394 e. The van der Waals surface area contributed by atoms with E-state index in [0.717, 1.165) is 29.8 Å². The Morgan fingerprint density at radius 2 is 1.59 bits per heavy atom. The number of carbonyl (C=O) groups excluding carboxylic acids is 2. The van der Waals surface area contributed by atoms with E-state index in [-0.39, 0.29) is 11.5 Å². The number of carbonyl (C=O) groups is 2. The molecule has 1 aliphatic heterocycles. The highest BCUT2D eigenvalue weighted by Crippen LogP contribution is 2.22. The Morgan fingerprint density at radius 1 is 1.00 bits per heavy atom. The van der Waals surface area contributed by atoms with E-state index in [4.69, 9.17) is 4.74 Å². The van der Waals surface area contributed by atoms with Gasteiger partial charge >= 0.3 is 11.8 Å². The molecule has 1 unspecified atom stereocenters. The molecule has 0 bridgehead atoms. The molecule has 0 saturated carbocycles. The van der Waals surface area contributed by atoms with Crippen molar-refractivity contribution in [1.29, 1.82) is 0 Å². The van der Waals surface area contributed by atoms with E-state index >= 15 is 0 Å². The van der Waals surface area contributed by atoms with Gasteiger partial charge in [0, 0.05) is 32.4 Å². The van der Waals surface area contributed by atoms with Crippen molar-refractivity contribution in [3.8, 4) is 11.1 Å². The van der Waals surface area contributed by atoms with Crippen LogP contribution in [0.1, 0.15) is 5.56 Å². The molecule has 1 aliphatic rings. The first-order valence-electron chi connectivity index (χ1n) is 11.2. The predicted octanol–water partition coefficient (Wildman–Crippen LogP) is 0.225. The van der Waals surface area contributed by atoms with Crippen molar-refractivity contribution in [3.05, 3.63) is 54.1 Å². The fraction of sp³-hybridized carbons (Fsp3) is 0.417. The molecule has 3 rings (SSSR count). The summed E-state index contributed by atoms with van der Waals surface area (Å²) >= 11 is 0. The average molecular weight is 490 g/mol. The van der Waals surface area contributed by atoms with E-state index in [2.05, 4.69) is 15.5 Å². The molecule has 184 valence electrons. The minimum atomic E-state index is -3.25. The van der Waals surface area contributed by atoms with Gasteiger partial charge in [0.2, 0.25) is 0 Å². The van der Waals surface area contributed by atoms with Gasteiger partial charge in [-0.25, -0.2) is 8.42 Å². The summed E-state index contributed by atoms with van der Waals surface area (Å²) in [6.07, 6.45) is 1.53. The lowest BCUT2D eigenvalue weighted by Crippen LogP contribution is -2.48. The predicted molar refractivity (Wildman–Crippen MR) is 128 cm³/mol. The lowest BCUT2D eigenvalue weighted by atomic mass is 10.0. The number of hydrogen-bond donors (Lipinski definition) is 3. The van der Waals surface area contributed by atoms with Gasteiger partial charge in [-0.05, 0) is 35.2 Å². The second-order valence-electron chi connectivity index (χ2n) is 8.26. The SMILES string of the molecule is CS(=O)(=O)c1ccc(-c2ccc(CC(CO)NC(=O)C(=O)NCCN3CCOCC3)cc2)cc1. The molecule has 0 aromatic heterocycles. The zero-order chi connectivity index (χ0) is 24.6. The second-order valence-corrected chi connectivity index (χ2v) is 10.3. The lowest BCUT2D eigenvalue weighted by molar-refractivity contribution is -0.139. The van der Waals surface area contributed by atoms with Crippen molar-refractivity contribution < 1.29 is 27.9 Å². The number of nitrogens with zero attached hydrogens (tertiary/aromatic N) is 1. The van der Waals surface area contributed by atoms with Crippen LogP contribution in [0.2, 0.25) is 0 Å². The van der Waals surface area contributed by atoms with Gasteiger partial charge in [-0.1, -0.05) is 36.4 Å². The molecule has 1 saturated heterocycles. The smallest absolute Gasteiger partial charge is 0.309 e. The van der Waals surface area contributed by atoms with Crippen LogP contribution in [0.3, 0.4) is 0 Å². The molecule has 9 nitrogen and oxygen atoms in total. The molecule has 10 heteroatoms. The summed E-state index contributed by atoms with van der Waals surface area (Å²) in [5.41, 5.74) is 2.66. The van der Waals surface area contributed by atoms with E-state index in [0.29, 0.717) is 32.7 Å². The topological polar surface area (TPSA) is 125 Å². The first-order valence-corrected chi connectivity index (χ1v) is 13.0. The Kier molecular flexibility index (Phi) is 9.17. The summed E-state index contributed by atoms with van der Waals surface area (Å²) in [5.74, 6) is -1.50. The van der Waals surface area contributed by atoms with Crippen LogP contribution in [0.15, 0.2) is 53.4 Å². The van der Waals surface area contributed by atoms with Gasteiger partial charge in [-0.15, -0.1) is 0 Å². The van der Waals surface area contributed by atoms with Crippen LogP contribution in [0.5, 0.6) is 0 Å². The van der Waals surface area contributed by atoms with Crippen LogP contribution < -0.4 is 10.6 Å². The molecular weight excluding hydrogens is 458 g/mol. The van der Waals surface area contributed by atoms with Gasteiger partial charge in [0.05, 0.1) is 30.8 Å². The number of aliphatic hydroxyl groups excluding tert-OH is 1. The molecule has 0 radical (unpaired) electrons. The zero-order valence-corrected chi connectivity index (χ0v) is 20.0. The lowest BCUT2D eigenvalue weighted by Gasteiger charge is -2.26. The second kappa shape index (κ2) is 12.1. The molecule has 0 aliphatic carbocycles. The van der Waals surface area contributed by atoms with Gasteiger partial charge in [0.1, 0.15) is 0 Å². The standard InChI is InChI=1S/C24H31N3O6S/c1-34(31,32)22-8-6-20(7-9-22)19-4-2-18(3-5-19)16-21(17-28)26-24(30)23(29)25-10-11-27-12-14-33-15-13-27/h2-9,21,28H,10-17H2,1H3,(H,25,29)(H,26,30). The first kappa shape index (κ1) is 25.8. The van der Waals surface area contributed by atoms with Gasteiger partial charge in [0.15, 0.2) is 9.84 Å². The molecular formula is C24H31N3O6S. The minimum absolute atomic E-state index is 0.263. The Labute approximate surface area is 200 Å². The van der Waals surface area contributed by atoms with Crippen molar-refractivity contribution >= 4 is 21.7 Å². The highest BCUT2D eigenvalue weighted by molar-refractivity contribution is 7.90. The van der Waals surface area contributed by atoms with E-state index < -0.39 is 27.7 Å². The number of morpholine rings is 1. The van der Waals surface area contributed by atoms with E-state index in [1.54, 1.807) is 24.3 Å². The number of benzene rings is 2. The van der Waals surface area contributed by atoms with Crippen molar-refractivity contribution in [2.45, 2.75) is 17.4 Å². The van der Waals surface area contributed by atoms with Crippen molar-refractivity contribution in [2.24, 2.45) is 0 Å². The molecule has 1 heterocycles. The number of sulfone groups is 1. The third kappa shape index (κ3) is 7.63. The summed E-state index contributed by atoms with van der Waals surface area (Å²) in [6.45, 7) is 3.66. The normalized spacial score (nSPS) is 15.5. The van der Waals surface area contributed by atoms with Crippen LogP contribution >= 0.6 is 0 Å². The number of amides is 2. The third-order valence-corrected chi connectivity index (χ3v) is 6.76. The van der Waals surface area contributed by atoms with Gasteiger partial charge in [-0.2, -0.15) is 0 Å². The van der Waals surface area contributed by atoms with E-state index in [1.165, 1.54) is 6.26 Å². The van der Waals surface area contributed by atoms with Crippen molar-refractivity contribution in [3.63, 3.8) is 0 Å². The molecule has 1 atom stereocenters. The van der Waals surface area contributed by atoms with Crippen molar-refractivity contribution in [1.82, 2.24) is 15.5 Å². The summed E-state index contributed by atoms with van der Waals surface area (Å²) in [6, 6.07) is 13.6. The first-order chi connectivity index (χ1) is 16.3. The third-order valence-electron chi connectivity index (χ3n) is 5.63. The summed E-state index contributed by atoms with van der Waals surface area (Å²) < 4.78 is 28.5. The Hall–Kier alpha value is -2.79. The molecule has 2 aromatic rings. The quantitative estimate of drug-likeness (QED) is 0.431. The summed E-state index contributed by atoms with van der Waals surface area (Å²) in [5, 5.41) is 14.9. The fourth-order valence-electron chi connectivity index (χ4n) is 3.66. The summed E-state index contributed by atoms with van der Waals surface area (Å²) in [4.78, 5) is 26.7. The highest BCUT2D eigenvalue weighted by Gasteiger charge is 2.19. The number of ether oxygens (including phenoxy) is 1. The average Bonchev–Trinajstić information content (AvgIpc) is 2.84. The molecule has 1 fully saturated rings. The van der Waals surface area contributed by atoms with Crippen LogP contribution in [-0.4, -0.2) is 88.5 Å². The Morgan fingerprint density at radius 3 is 2.15 bits per heavy atom. The van der Waals surface area contributed by atoms with Gasteiger partial charge in [0.25, 0.3) is 0 Å². The van der Waals surface area contributed by atoms with Crippen molar-refractivity contribution in [2.75, 3.05) is 52.3 Å². The largest absolute Gasteiger partial charge is 0.394 e. The van der Waals surface area contributed by atoms with Crippen LogP contribution in [0.4, 0.5) is 0 Å². The Bertz CT molecular complexity index is 1060. The van der Waals surface area contributed by atoms with Crippen LogP contribution in [0, 0.1) is 0 Å². The zero-order valence-electron chi connectivity index (χ0n) is 19.2. The van der Waals surface area contributed by atoms with E-state index in [1.807, 2.05) is 24.3 Å². The number of aliphatic hydroxyl groups is 1.